The Balaban J connectivity index is 1.68. The van der Waals surface area contributed by atoms with E-state index in [1.165, 1.54) is 23.3 Å². The minimum atomic E-state index is -0.572. The predicted octanol–water partition coefficient (Wildman–Crippen LogP) is 0.221. The number of amides is 1. The molecule has 1 aromatic heterocycles. The first-order valence-corrected chi connectivity index (χ1v) is 7.48. The summed E-state index contributed by atoms with van der Waals surface area (Å²) in [6, 6.07) is 4.46. The molecule has 0 atom stereocenters. The highest BCUT2D eigenvalue weighted by atomic mass is 19.1. The Morgan fingerprint density at radius 3 is 2.78 bits per heavy atom. The molecule has 23 heavy (non-hydrogen) atoms. The van der Waals surface area contributed by atoms with E-state index < -0.39 is 5.82 Å². The number of nitrogens with zero attached hydrogens (tertiary/aromatic N) is 4. The summed E-state index contributed by atoms with van der Waals surface area (Å²) in [7, 11) is 0. The average Bonchev–Trinajstić information content (AvgIpc) is 3.07. The lowest BCUT2D eigenvalue weighted by Gasteiger charge is -2.48. The first-order valence-electron chi connectivity index (χ1n) is 7.48. The lowest BCUT2D eigenvalue weighted by atomic mass is 9.94. The van der Waals surface area contributed by atoms with Crippen LogP contribution in [0.25, 0.3) is 5.69 Å². The molecule has 1 amide bonds. The fraction of sp³-hybridized carbons (Fsp3) is 0.400. The molecule has 0 saturated carbocycles. The Hall–Kier alpha value is -2.32. The second kappa shape index (κ2) is 5.39. The van der Waals surface area contributed by atoms with Crippen molar-refractivity contribution in [2.45, 2.75) is 5.60 Å². The van der Waals surface area contributed by atoms with E-state index in [9.17, 15) is 9.18 Å². The van der Waals surface area contributed by atoms with Crippen molar-refractivity contribution in [2.75, 3.05) is 32.8 Å². The first-order chi connectivity index (χ1) is 11.2. The van der Waals surface area contributed by atoms with Crippen molar-refractivity contribution in [1.29, 1.82) is 0 Å². The minimum Gasteiger partial charge on any atom is -0.369 e. The van der Waals surface area contributed by atoms with E-state index in [4.69, 9.17) is 4.74 Å². The SMILES string of the molecule is O=C(c1c(F)cccc1-n1nccn1)N1CCOC2(CNC2)C1. The van der Waals surface area contributed by atoms with Crippen molar-refractivity contribution in [2.24, 2.45) is 0 Å². The molecule has 4 rings (SSSR count). The summed E-state index contributed by atoms with van der Waals surface area (Å²) in [5.74, 6) is -0.929. The smallest absolute Gasteiger partial charge is 0.259 e. The number of carbonyl (C=O) groups is 1. The molecule has 1 spiro atoms. The molecule has 0 unspecified atom stereocenters. The Labute approximate surface area is 132 Å². The van der Waals surface area contributed by atoms with Crippen molar-refractivity contribution >= 4 is 5.91 Å². The zero-order valence-electron chi connectivity index (χ0n) is 12.4. The number of aromatic nitrogens is 3. The van der Waals surface area contributed by atoms with E-state index in [1.54, 1.807) is 17.0 Å². The Morgan fingerprint density at radius 1 is 1.30 bits per heavy atom. The molecule has 120 valence electrons. The summed E-state index contributed by atoms with van der Waals surface area (Å²) in [5.41, 5.74) is 0.00354. The van der Waals surface area contributed by atoms with Crippen molar-refractivity contribution in [1.82, 2.24) is 25.2 Å². The number of nitrogens with one attached hydrogen (secondary N) is 1. The van der Waals surface area contributed by atoms with Gasteiger partial charge in [-0.3, -0.25) is 4.79 Å². The highest BCUT2D eigenvalue weighted by Gasteiger charge is 2.44. The maximum absolute atomic E-state index is 14.4. The van der Waals surface area contributed by atoms with Gasteiger partial charge >= 0.3 is 0 Å². The zero-order valence-corrected chi connectivity index (χ0v) is 12.4. The second-order valence-electron chi connectivity index (χ2n) is 5.81. The fourth-order valence-electron chi connectivity index (χ4n) is 3.03. The largest absolute Gasteiger partial charge is 0.369 e. The third-order valence-electron chi connectivity index (χ3n) is 4.27. The van der Waals surface area contributed by atoms with Gasteiger partial charge in [0, 0.05) is 19.6 Å². The van der Waals surface area contributed by atoms with Gasteiger partial charge in [-0.2, -0.15) is 15.0 Å². The topological polar surface area (TPSA) is 72.3 Å². The highest BCUT2D eigenvalue weighted by molar-refractivity contribution is 5.98. The van der Waals surface area contributed by atoms with E-state index in [-0.39, 0.29) is 17.1 Å². The molecule has 0 bridgehead atoms. The van der Waals surface area contributed by atoms with Gasteiger partial charge in [-0.05, 0) is 12.1 Å². The number of morpholine rings is 1. The second-order valence-corrected chi connectivity index (χ2v) is 5.81. The molecule has 1 N–H and O–H groups in total. The van der Waals surface area contributed by atoms with Crippen LogP contribution in [-0.2, 0) is 4.74 Å². The van der Waals surface area contributed by atoms with Crippen LogP contribution in [0.15, 0.2) is 30.6 Å². The van der Waals surface area contributed by atoms with Crippen LogP contribution in [0, 0.1) is 5.82 Å². The molecule has 0 aliphatic carbocycles. The minimum absolute atomic E-state index is 0.00645. The third-order valence-corrected chi connectivity index (χ3v) is 4.27. The Kier molecular flexibility index (Phi) is 3.35. The number of ether oxygens (including phenoxy) is 1. The lowest BCUT2D eigenvalue weighted by molar-refractivity contribution is -0.126. The molecule has 7 nitrogen and oxygen atoms in total. The van der Waals surface area contributed by atoms with Gasteiger partial charge in [-0.1, -0.05) is 6.07 Å². The molecule has 0 radical (unpaired) electrons. The highest BCUT2D eigenvalue weighted by Crippen LogP contribution is 2.25. The fourth-order valence-corrected chi connectivity index (χ4v) is 3.03. The van der Waals surface area contributed by atoms with E-state index in [1.807, 2.05) is 0 Å². The van der Waals surface area contributed by atoms with Crippen molar-refractivity contribution in [3.8, 4) is 5.69 Å². The molecule has 2 aliphatic rings. The number of carbonyl (C=O) groups excluding carboxylic acids is 1. The van der Waals surface area contributed by atoms with Crippen LogP contribution in [0.4, 0.5) is 4.39 Å². The van der Waals surface area contributed by atoms with Crippen LogP contribution in [0.3, 0.4) is 0 Å². The van der Waals surface area contributed by atoms with E-state index >= 15 is 0 Å². The van der Waals surface area contributed by atoms with Gasteiger partial charge in [-0.25, -0.2) is 4.39 Å². The van der Waals surface area contributed by atoms with Crippen LogP contribution in [-0.4, -0.2) is 64.2 Å². The number of benzene rings is 1. The van der Waals surface area contributed by atoms with E-state index in [0.717, 1.165) is 0 Å². The van der Waals surface area contributed by atoms with Crippen LogP contribution < -0.4 is 5.32 Å². The van der Waals surface area contributed by atoms with Gasteiger partial charge < -0.3 is 15.0 Å². The van der Waals surface area contributed by atoms with Crippen molar-refractivity contribution in [3.05, 3.63) is 42.0 Å². The summed E-state index contributed by atoms with van der Waals surface area (Å²) in [6.07, 6.45) is 2.98. The number of halogens is 1. The zero-order chi connectivity index (χ0) is 15.9. The maximum Gasteiger partial charge on any atom is 0.259 e. The summed E-state index contributed by atoms with van der Waals surface area (Å²) in [6.45, 7) is 2.78. The molecule has 1 aromatic carbocycles. The van der Waals surface area contributed by atoms with Crippen molar-refractivity contribution in [3.63, 3.8) is 0 Å². The average molecular weight is 317 g/mol. The lowest BCUT2D eigenvalue weighted by Crippen LogP contribution is -2.69. The van der Waals surface area contributed by atoms with Gasteiger partial charge in [0.25, 0.3) is 5.91 Å². The molecule has 2 saturated heterocycles. The molecule has 8 heteroatoms. The molecule has 2 aliphatic heterocycles. The Morgan fingerprint density at radius 2 is 2.09 bits per heavy atom. The molecule has 2 fully saturated rings. The van der Waals surface area contributed by atoms with Crippen LogP contribution in [0.5, 0.6) is 0 Å². The maximum atomic E-state index is 14.4. The summed E-state index contributed by atoms with van der Waals surface area (Å²) in [5, 5.41) is 11.2. The summed E-state index contributed by atoms with van der Waals surface area (Å²) in [4.78, 5) is 15.8. The Bertz CT molecular complexity index is 729. The monoisotopic (exact) mass is 317 g/mol. The van der Waals surface area contributed by atoms with Crippen LogP contribution >= 0.6 is 0 Å². The molecule has 3 heterocycles. The van der Waals surface area contributed by atoms with E-state index in [0.29, 0.717) is 38.5 Å². The van der Waals surface area contributed by atoms with Crippen LogP contribution in [0.2, 0.25) is 0 Å². The van der Waals surface area contributed by atoms with Crippen molar-refractivity contribution < 1.29 is 13.9 Å². The number of hydrogen-bond acceptors (Lipinski definition) is 5. The van der Waals surface area contributed by atoms with Gasteiger partial charge in [0.2, 0.25) is 0 Å². The summed E-state index contributed by atoms with van der Waals surface area (Å²) < 4.78 is 20.1. The standard InChI is InChI=1S/C15H16FN5O2/c16-11-2-1-3-12(21-18-4-5-19-21)13(11)14(22)20-6-7-23-15(10-20)8-17-9-15/h1-5,17H,6-10H2. The quantitative estimate of drug-likeness (QED) is 0.858. The molecular formula is C15H16FN5O2. The number of hydrogen-bond donors (Lipinski definition) is 1. The predicted molar refractivity (Wildman–Crippen MR) is 78.8 cm³/mol. The van der Waals surface area contributed by atoms with Gasteiger partial charge in [0.15, 0.2) is 0 Å². The van der Waals surface area contributed by atoms with E-state index in [2.05, 4.69) is 15.5 Å². The normalized spacial score (nSPS) is 19.6. The first kappa shape index (κ1) is 14.3. The van der Waals surface area contributed by atoms with Crippen LogP contribution in [0.1, 0.15) is 10.4 Å². The van der Waals surface area contributed by atoms with Gasteiger partial charge in [-0.15, -0.1) is 0 Å². The summed E-state index contributed by atoms with van der Waals surface area (Å²) >= 11 is 0. The third kappa shape index (κ3) is 2.40. The van der Waals surface area contributed by atoms with Gasteiger partial charge in [0.05, 0.1) is 25.5 Å². The molecule has 2 aromatic rings. The van der Waals surface area contributed by atoms with Gasteiger partial charge in [0.1, 0.15) is 22.7 Å². The number of rotatable bonds is 2. The molecular weight excluding hydrogens is 301 g/mol.